The van der Waals surface area contributed by atoms with Crippen molar-refractivity contribution in [2.75, 3.05) is 31.9 Å². The monoisotopic (exact) mass is 587 g/mol. The maximum absolute atomic E-state index is 13.5. The van der Waals surface area contributed by atoms with Crippen LogP contribution in [0, 0.1) is 5.92 Å². The highest BCUT2D eigenvalue weighted by Gasteiger charge is 2.39. The van der Waals surface area contributed by atoms with Crippen LogP contribution in [0.5, 0.6) is 17.4 Å². The first-order valence-electron chi connectivity index (χ1n) is 13.7. The van der Waals surface area contributed by atoms with Gasteiger partial charge in [-0.3, -0.25) is 14.2 Å². The van der Waals surface area contributed by atoms with E-state index in [2.05, 4.69) is 15.0 Å². The third-order valence-electron chi connectivity index (χ3n) is 7.79. The van der Waals surface area contributed by atoms with E-state index in [4.69, 9.17) is 10.5 Å². The smallest absolute Gasteiger partial charge is 0.437 e. The zero-order valence-corrected chi connectivity index (χ0v) is 22.7. The molecule has 1 aromatic heterocycles. The number of rotatable bonds is 7. The number of alkyl halides is 3. The lowest BCUT2D eigenvalue weighted by atomic mass is 9.80. The molecule has 3 heterocycles. The number of likely N-dealkylation sites (tertiary alicyclic amines) is 1. The van der Waals surface area contributed by atoms with E-state index in [1.807, 2.05) is 30.3 Å². The summed E-state index contributed by atoms with van der Waals surface area (Å²) >= 11 is 0. The molecule has 0 spiro atoms. The lowest BCUT2D eigenvalue weighted by Gasteiger charge is -2.41. The number of amides is 1. The van der Waals surface area contributed by atoms with Crippen molar-refractivity contribution in [1.29, 1.82) is 0 Å². The van der Waals surface area contributed by atoms with Crippen molar-refractivity contribution in [2.45, 2.75) is 43.7 Å². The molecule has 0 unspecified atom stereocenters. The minimum atomic E-state index is -4.88. The van der Waals surface area contributed by atoms with E-state index in [9.17, 15) is 27.9 Å². The van der Waals surface area contributed by atoms with Gasteiger partial charge in [-0.15, -0.1) is 13.2 Å². The van der Waals surface area contributed by atoms with Gasteiger partial charge in [0, 0.05) is 37.5 Å². The molecule has 0 saturated carbocycles. The van der Waals surface area contributed by atoms with E-state index in [-0.39, 0.29) is 54.4 Å². The number of aliphatic hydroxyl groups is 1. The zero-order valence-electron chi connectivity index (χ0n) is 22.7. The topological polar surface area (TPSA) is 132 Å². The average molecular weight is 588 g/mol. The van der Waals surface area contributed by atoms with Crippen LogP contribution in [0.15, 0.2) is 65.7 Å². The SMILES string of the molecule is Nc1c(Oc2cccc(OC(F)(F)F)c2)ncn(CC2(O)CCN(C(=O)[C@@H]3CCNC[C@H]3c3ccccc3)CC2)c1=O. The Labute approximate surface area is 239 Å². The summed E-state index contributed by atoms with van der Waals surface area (Å²) in [4.78, 5) is 32.3. The average Bonchev–Trinajstić information content (AvgIpc) is 2.97. The molecule has 0 bridgehead atoms. The largest absolute Gasteiger partial charge is 0.573 e. The number of halogens is 3. The van der Waals surface area contributed by atoms with Crippen LogP contribution in [0.4, 0.5) is 18.9 Å². The number of nitrogens with two attached hydrogens (primary N) is 1. The normalized spacial score (nSPS) is 20.6. The van der Waals surface area contributed by atoms with Crippen LogP contribution >= 0.6 is 0 Å². The Balaban J connectivity index is 1.22. The first-order valence-corrected chi connectivity index (χ1v) is 13.7. The molecule has 0 radical (unpaired) electrons. The third kappa shape index (κ3) is 6.85. The van der Waals surface area contributed by atoms with Crippen molar-refractivity contribution in [3.05, 3.63) is 76.8 Å². The molecule has 4 N–H and O–H groups in total. The lowest BCUT2D eigenvalue weighted by Crippen LogP contribution is -2.52. The molecule has 1 amide bonds. The number of aromatic nitrogens is 2. The van der Waals surface area contributed by atoms with Crippen LogP contribution in [0.3, 0.4) is 0 Å². The Morgan fingerprint density at radius 2 is 1.83 bits per heavy atom. The van der Waals surface area contributed by atoms with Crippen molar-refractivity contribution >= 4 is 11.6 Å². The van der Waals surface area contributed by atoms with Crippen LogP contribution in [0.2, 0.25) is 0 Å². The number of nitrogen functional groups attached to an aromatic ring is 1. The first-order chi connectivity index (χ1) is 20.0. The Kier molecular flexibility index (Phi) is 8.41. The predicted octanol–water partition coefficient (Wildman–Crippen LogP) is 3.26. The number of anilines is 1. The molecule has 42 heavy (non-hydrogen) atoms. The van der Waals surface area contributed by atoms with Crippen LogP contribution in [0.1, 0.15) is 30.7 Å². The van der Waals surface area contributed by atoms with E-state index in [0.29, 0.717) is 13.1 Å². The van der Waals surface area contributed by atoms with Gasteiger partial charge in [0.15, 0.2) is 5.69 Å². The second-order valence-corrected chi connectivity index (χ2v) is 10.7. The summed E-state index contributed by atoms with van der Waals surface area (Å²) < 4.78 is 48.1. The number of hydrogen-bond donors (Lipinski definition) is 3. The van der Waals surface area contributed by atoms with Crippen LogP contribution in [-0.4, -0.2) is 63.6 Å². The lowest BCUT2D eigenvalue weighted by molar-refractivity contribution is -0.274. The highest BCUT2D eigenvalue weighted by atomic mass is 19.4. The number of piperidine rings is 2. The quantitative estimate of drug-likeness (QED) is 0.384. The van der Waals surface area contributed by atoms with E-state index < -0.39 is 23.3 Å². The summed E-state index contributed by atoms with van der Waals surface area (Å²) in [6.07, 6.45) is -2.46. The molecule has 0 aliphatic carbocycles. The Morgan fingerprint density at radius 1 is 1.12 bits per heavy atom. The fourth-order valence-corrected chi connectivity index (χ4v) is 5.59. The van der Waals surface area contributed by atoms with Gasteiger partial charge in [-0.1, -0.05) is 36.4 Å². The molecule has 5 rings (SSSR count). The molecule has 2 aliphatic heterocycles. The summed E-state index contributed by atoms with van der Waals surface area (Å²) in [7, 11) is 0. The van der Waals surface area contributed by atoms with Crippen LogP contribution in [0.25, 0.3) is 0 Å². The molecule has 13 heteroatoms. The van der Waals surface area contributed by atoms with Gasteiger partial charge in [-0.2, -0.15) is 0 Å². The van der Waals surface area contributed by atoms with E-state index >= 15 is 0 Å². The second-order valence-electron chi connectivity index (χ2n) is 10.7. The number of nitrogens with zero attached hydrogens (tertiary/aromatic N) is 3. The van der Waals surface area contributed by atoms with Crippen molar-refractivity contribution in [1.82, 2.24) is 19.8 Å². The maximum Gasteiger partial charge on any atom is 0.573 e. The van der Waals surface area contributed by atoms with E-state index in [1.165, 1.54) is 23.0 Å². The molecule has 2 atom stereocenters. The molecule has 2 aliphatic rings. The third-order valence-corrected chi connectivity index (χ3v) is 7.79. The molecular weight excluding hydrogens is 555 g/mol. The highest BCUT2D eigenvalue weighted by molar-refractivity contribution is 5.80. The van der Waals surface area contributed by atoms with Crippen molar-refractivity contribution < 1.29 is 32.5 Å². The molecule has 3 aromatic rings. The fourth-order valence-electron chi connectivity index (χ4n) is 5.59. The number of hydrogen-bond acceptors (Lipinski definition) is 8. The molecule has 2 fully saturated rings. The summed E-state index contributed by atoms with van der Waals surface area (Å²) in [6.45, 7) is 2.08. The summed E-state index contributed by atoms with van der Waals surface area (Å²) in [5.41, 5.74) is 4.77. The predicted molar refractivity (Wildman–Crippen MR) is 147 cm³/mol. The molecule has 10 nitrogen and oxygen atoms in total. The summed E-state index contributed by atoms with van der Waals surface area (Å²) in [5, 5.41) is 14.7. The second kappa shape index (κ2) is 12.0. The Morgan fingerprint density at radius 3 is 2.55 bits per heavy atom. The first kappa shape index (κ1) is 29.4. The molecule has 2 aromatic carbocycles. The van der Waals surface area contributed by atoms with Gasteiger partial charge in [0.2, 0.25) is 11.8 Å². The highest BCUT2D eigenvalue weighted by Crippen LogP contribution is 2.33. The van der Waals surface area contributed by atoms with Crippen LogP contribution in [-0.2, 0) is 11.3 Å². The number of nitrogens with one attached hydrogen (secondary N) is 1. The van der Waals surface area contributed by atoms with Gasteiger partial charge in [0.05, 0.1) is 12.1 Å². The summed E-state index contributed by atoms with van der Waals surface area (Å²) in [5.74, 6) is -0.868. The Hall–Kier alpha value is -4.10. The molecular formula is C29H32F3N5O5. The Bertz CT molecular complexity index is 1460. The standard InChI is InChI=1S/C29H32F3N5O5/c30-29(31,32)42-21-8-4-7-20(15-21)41-25-24(33)27(39)37(18-35-25)17-28(40)10-13-36(14-11-28)26(38)22-9-12-34-16-23(22)19-5-2-1-3-6-19/h1-8,15,18,22-23,34,40H,9-14,16-17,33H2/t22-,23+/m1/s1. The van der Waals surface area contributed by atoms with Gasteiger partial charge in [0.25, 0.3) is 5.56 Å². The minimum Gasteiger partial charge on any atom is -0.437 e. The van der Waals surface area contributed by atoms with E-state index in [1.54, 1.807) is 4.90 Å². The molecule has 2 saturated heterocycles. The van der Waals surface area contributed by atoms with Gasteiger partial charge in [0.1, 0.15) is 17.8 Å². The number of ether oxygens (including phenoxy) is 2. The number of carbonyl (C=O) groups excluding carboxylic acids is 1. The maximum atomic E-state index is 13.5. The van der Waals surface area contributed by atoms with Gasteiger partial charge < -0.3 is 30.5 Å². The van der Waals surface area contributed by atoms with Gasteiger partial charge in [-0.05, 0) is 43.5 Å². The minimum absolute atomic E-state index is 0.0629. The van der Waals surface area contributed by atoms with E-state index in [0.717, 1.165) is 37.2 Å². The summed E-state index contributed by atoms with van der Waals surface area (Å²) in [6, 6.07) is 14.7. The number of carbonyl (C=O) groups is 1. The molecule has 224 valence electrons. The fraction of sp³-hybridized carbons (Fsp3) is 0.414. The number of benzene rings is 2. The van der Waals surface area contributed by atoms with Crippen molar-refractivity contribution in [2.24, 2.45) is 5.92 Å². The van der Waals surface area contributed by atoms with Gasteiger partial charge in [-0.25, -0.2) is 4.98 Å². The van der Waals surface area contributed by atoms with Crippen LogP contribution < -0.4 is 26.1 Å². The van der Waals surface area contributed by atoms with Crippen molar-refractivity contribution in [3.8, 4) is 17.4 Å². The zero-order chi connectivity index (χ0) is 29.9. The van der Waals surface area contributed by atoms with Gasteiger partial charge >= 0.3 is 6.36 Å². The van der Waals surface area contributed by atoms with Crippen molar-refractivity contribution in [3.63, 3.8) is 0 Å².